The summed E-state index contributed by atoms with van der Waals surface area (Å²) in [6, 6.07) is 3.91. The first-order valence-electron chi connectivity index (χ1n) is 3.11. The molecule has 0 aliphatic heterocycles. The normalized spacial score (nSPS) is 13.5. The van der Waals surface area contributed by atoms with Crippen LogP contribution in [0, 0.1) is 0 Å². The molecule has 0 aliphatic rings. The average Bonchev–Trinajstić information content (AvgIpc) is 2.33. The molecule has 0 aromatic carbocycles. The van der Waals surface area contributed by atoms with Gasteiger partial charge in [-0.05, 0) is 19.1 Å². The highest BCUT2D eigenvalue weighted by molar-refractivity contribution is 6.19. The summed E-state index contributed by atoms with van der Waals surface area (Å²) in [6.07, 6.45) is 1.93. The quantitative estimate of drug-likeness (QED) is 0.613. The lowest BCUT2D eigenvalue weighted by atomic mass is 10.5. The fourth-order valence-electron chi connectivity index (χ4n) is 0.889. The molecular formula is C7H9Cl2N. The van der Waals surface area contributed by atoms with Crippen molar-refractivity contribution in [2.45, 2.75) is 18.3 Å². The minimum Gasteiger partial charge on any atom is -0.334 e. The largest absolute Gasteiger partial charge is 0.334 e. The molecule has 0 N–H and O–H groups in total. The second-order valence-corrected chi connectivity index (χ2v) is 3.01. The van der Waals surface area contributed by atoms with E-state index in [4.69, 9.17) is 23.2 Å². The second kappa shape index (κ2) is 3.31. The van der Waals surface area contributed by atoms with Gasteiger partial charge in [-0.3, -0.25) is 0 Å². The first-order valence-corrected chi connectivity index (χ1v) is 4.08. The maximum absolute atomic E-state index is 5.83. The maximum atomic E-state index is 5.83. The highest BCUT2D eigenvalue weighted by Crippen LogP contribution is 2.15. The van der Waals surface area contributed by atoms with E-state index >= 15 is 0 Å². The maximum Gasteiger partial charge on any atom is 0.105 e. The summed E-state index contributed by atoms with van der Waals surface area (Å²) in [5, 5.41) is 0. The third kappa shape index (κ3) is 1.47. The van der Waals surface area contributed by atoms with E-state index in [1.807, 2.05) is 29.8 Å². The molecule has 1 heterocycles. The molecule has 0 spiro atoms. The predicted octanol–water partition coefficient (Wildman–Crippen LogP) is 2.98. The third-order valence-electron chi connectivity index (χ3n) is 1.39. The van der Waals surface area contributed by atoms with Crippen molar-refractivity contribution < 1.29 is 0 Å². The van der Waals surface area contributed by atoms with Gasteiger partial charge in [0.25, 0.3) is 0 Å². The fourth-order valence-corrected chi connectivity index (χ4v) is 1.31. The molecule has 1 unspecified atom stereocenters. The van der Waals surface area contributed by atoms with Crippen LogP contribution >= 0.6 is 23.2 Å². The minimum atomic E-state index is -0.0104. The van der Waals surface area contributed by atoms with Crippen LogP contribution in [-0.4, -0.2) is 4.57 Å². The fraction of sp³-hybridized carbons (Fsp3) is 0.429. The highest BCUT2D eigenvalue weighted by atomic mass is 35.5. The number of alkyl halides is 2. The van der Waals surface area contributed by atoms with Gasteiger partial charge in [-0.15, -0.1) is 11.6 Å². The van der Waals surface area contributed by atoms with Crippen molar-refractivity contribution in [3.63, 3.8) is 0 Å². The summed E-state index contributed by atoms with van der Waals surface area (Å²) in [6.45, 7) is 1.91. The zero-order valence-electron chi connectivity index (χ0n) is 5.72. The molecule has 10 heavy (non-hydrogen) atoms. The molecule has 1 rings (SSSR count). The third-order valence-corrected chi connectivity index (χ3v) is 1.87. The summed E-state index contributed by atoms with van der Waals surface area (Å²) in [4.78, 5) is 0. The molecule has 0 saturated carbocycles. The summed E-state index contributed by atoms with van der Waals surface area (Å²) in [5.74, 6) is 0.518. The summed E-state index contributed by atoms with van der Waals surface area (Å²) >= 11 is 11.5. The Labute approximate surface area is 70.6 Å². The zero-order chi connectivity index (χ0) is 7.56. The van der Waals surface area contributed by atoms with Crippen molar-refractivity contribution >= 4 is 23.2 Å². The van der Waals surface area contributed by atoms with E-state index in [0.29, 0.717) is 5.88 Å². The molecule has 1 nitrogen and oxygen atoms in total. The molecule has 0 amide bonds. The number of halogens is 2. The Bertz CT molecular complexity index is 205. The number of rotatable bonds is 2. The van der Waals surface area contributed by atoms with E-state index in [9.17, 15) is 0 Å². The Kier molecular flexibility index (Phi) is 2.64. The van der Waals surface area contributed by atoms with Crippen LogP contribution < -0.4 is 0 Å². The molecule has 3 heteroatoms. The average molecular weight is 178 g/mol. The predicted molar refractivity (Wildman–Crippen MR) is 44.6 cm³/mol. The minimum absolute atomic E-state index is 0.0104. The van der Waals surface area contributed by atoms with Crippen molar-refractivity contribution in [1.82, 2.24) is 4.57 Å². The Balaban J connectivity index is 2.90. The molecular weight excluding hydrogens is 169 g/mol. The van der Waals surface area contributed by atoms with E-state index in [0.717, 1.165) is 5.69 Å². The number of nitrogens with zero attached hydrogens (tertiary/aromatic N) is 1. The van der Waals surface area contributed by atoms with Crippen LogP contribution in [-0.2, 0) is 5.88 Å². The van der Waals surface area contributed by atoms with Crippen LogP contribution in [0.1, 0.15) is 18.1 Å². The van der Waals surface area contributed by atoms with Gasteiger partial charge in [-0.1, -0.05) is 11.6 Å². The van der Waals surface area contributed by atoms with Crippen molar-refractivity contribution in [3.8, 4) is 0 Å². The van der Waals surface area contributed by atoms with Crippen molar-refractivity contribution in [2.24, 2.45) is 0 Å². The van der Waals surface area contributed by atoms with Crippen molar-refractivity contribution in [3.05, 3.63) is 24.0 Å². The Morgan fingerprint density at radius 1 is 1.70 bits per heavy atom. The van der Waals surface area contributed by atoms with Gasteiger partial charge in [0.1, 0.15) is 5.50 Å². The van der Waals surface area contributed by atoms with E-state index in [1.54, 1.807) is 0 Å². The molecule has 1 aromatic rings. The molecule has 56 valence electrons. The van der Waals surface area contributed by atoms with Gasteiger partial charge < -0.3 is 4.57 Å². The van der Waals surface area contributed by atoms with Crippen LogP contribution in [0.15, 0.2) is 18.3 Å². The molecule has 0 aliphatic carbocycles. The van der Waals surface area contributed by atoms with Crippen LogP contribution in [0.25, 0.3) is 0 Å². The van der Waals surface area contributed by atoms with Gasteiger partial charge in [0, 0.05) is 11.9 Å². The van der Waals surface area contributed by atoms with Gasteiger partial charge in [0.05, 0.1) is 5.88 Å². The van der Waals surface area contributed by atoms with E-state index in [1.165, 1.54) is 0 Å². The van der Waals surface area contributed by atoms with Crippen LogP contribution in [0.2, 0.25) is 0 Å². The Hall–Kier alpha value is -0.140. The molecule has 0 radical (unpaired) electrons. The van der Waals surface area contributed by atoms with E-state index in [-0.39, 0.29) is 5.50 Å². The van der Waals surface area contributed by atoms with Crippen LogP contribution in [0.4, 0.5) is 0 Å². The molecule has 1 atom stereocenters. The van der Waals surface area contributed by atoms with Crippen LogP contribution in [0.5, 0.6) is 0 Å². The second-order valence-electron chi connectivity index (χ2n) is 2.11. The SMILES string of the molecule is CC(Cl)n1cccc1CCl. The lowest BCUT2D eigenvalue weighted by Gasteiger charge is -2.07. The van der Waals surface area contributed by atoms with Crippen LogP contribution in [0.3, 0.4) is 0 Å². The first kappa shape index (κ1) is 7.96. The monoisotopic (exact) mass is 177 g/mol. The standard InChI is InChI=1S/C7H9Cl2N/c1-6(9)10-4-2-3-7(10)5-8/h2-4,6H,5H2,1H3. The topological polar surface area (TPSA) is 4.93 Å². The first-order chi connectivity index (χ1) is 4.75. The zero-order valence-corrected chi connectivity index (χ0v) is 7.23. The number of hydrogen-bond acceptors (Lipinski definition) is 0. The van der Waals surface area contributed by atoms with Gasteiger partial charge in [0.15, 0.2) is 0 Å². The molecule has 1 aromatic heterocycles. The summed E-state index contributed by atoms with van der Waals surface area (Å²) < 4.78 is 1.94. The van der Waals surface area contributed by atoms with Crippen molar-refractivity contribution in [1.29, 1.82) is 0 Å². The number of aromatic nitrogens is 1. The Morgan fingerprint density at radius 2 is 2.40 bits per heavy atom. The van der Waals surface area contributed by atoms with Gasteiger partial charge in [-0.25, -0.2) is 0 Å². The van der Waals surface area contributed by atoms with Crippen molar-refractivity contribution in [2.75, 3.05) is 0 Å². The van der Waals surface area contributed by atoms with Gasteiger partial charge in [0.2, 0.25) is 0 Å². The molecule has 0 fully saturated rings. The number of hydrogen-bond donors (Lipinski definition) is 0. The van der Waals surface area contributed by atoms with Gasteiger partial charge in [-0.2, -0.15) is 0 Å². The Morgan fingerprint density at radius 3 is 2.80 bits per heavy atom. The lowest BCUT2D eigenvalue weighted by Crippen LogP contribution is -1.99. The van der Waals surface area contributed by atoms with E-state index < -0.39 is 0 Å². The lowest BCUT2D eigenvalue weighted by molar-refractivity contribution is 0.706. The molecule has 0 saturated heterocycles. The van der Waals surface area contributed by atoms with E-state index in [2.05, 4.69) is 0 Å². The summed E-state index contributed by atoms with van der Waals surface area (Å²) in [5.41, 5.74) is 1.05. The molecule has 0 bridgehead atoms. The summed E-state index contributed by atoms with van der Waals surface area (Å²) in [7, 11) is 0. The highest BCUT2D eigenvalue weighted by Gasteiger charge is 2.02. The smallest absolute Gasteiger partial charge is 0.105 e. The van der Waals surface area contributed by atoms with Gasteiger partial charge >= 0.3 is 0 Å².